The van der Waals surface area contributed by atoms with Crippen LogP contribution in [-0.4, -0.2) is 38.1 Å². The zero-order valence-corrected chi connectivity index (χ0v) is 10.1. The molecule has 0 rings (SSSR count). The summed E-state index contributed by atoms with van der Waals surface area (Å²) in [4.78, 5) is 2.22. The van der Waals surface area contributed by atoms with E-state index in [9.17, 15) is 0 Å². The standard InChI is InChI=1S/C11H26N2/c1-10(9-13(5)6)12-8-7-11(2,3)4/h10,12H,7-9H2,1-6H3. The third-order valence-corrected chi connectivity index (χ3v) is 2.01. The van der Waals surface area contributed by atoms with Crippen molar-refractivity contribution >= 4 is 0 Å². The van der Waals surface area contributed by atoms with Crippen LogP contribution in [0.15, 0.2) is 0 Å². The smallest absolute Gasteiger partial charge is 0.0166 e. The Morgan fingerprint density at radius 3 is 2.15 bits per heavy atom. The van der Waals surface area contributed by atoms with Crippen molar-refractivity contribution in [3.63, 3.8) is 0 Å². The maximum Gasteiger partial charge on any atom is 0.0166 e. The molecule has 0 bridgehead atoms. The summed E-state index contributed by atoms with van der Waals surface area (Å²) in [5.41, 5.74) is 0.449. The highest BCUT2D eigenvalue weighted by molar-refractivity contribution is 4.67. The lowest BCUT2D eigenvalue weighted by atomic mass is 9.92. The van der Waals surface area contributed by atoms with E-state index in [0.717, 1.165) is 13.1 Å². The third-order valence-electron chi connectivity index (χ3n) is 2.01. The molecule has 1 atom stereocenters. The predicted octanol–water partition coefficient (Wildman–Crippen LogP) is 1.96. The summed E-state index contributed by atoms with van der Waals surface area (Å²) in [6, 6.07) is 0.595. The van der Waals surface area contributed by atoms with E-state index >= 15 is 0 Å². The quantitative estimate of drug-likeness (QED) is 0.706. The first-order chi connectivity index (χ1) is 5.81. The van der Waals surface area contributed by atoms with Crippen LogP contribution in [0.2, 0.25) is 0 Å². The van der Waals surface area contributed by atoms with Crippen molar-refractivity contribution in [1.82, 2.24) is 10.2 Å². The zero-order chi connectivity index (χ0) is 10.5. The van der Waals surface area contributed by atoms with Gasteiger partial charge in [0.1, 0.15) is 0 Å². The zero-order valence-electron chi connectivity index (χ0n) is 10.1. The van der Waals surface area contributed by atoms with Crippen LogP contribution in [0.5, 0.6) is 0 Å². The first-order valence-electron chi connectivity index (χ1n) is 5.19. The molecule has 0 fully saturated rings. The van der Waals surface area contributed by atoms with E-state index in [1.54, 1.807) is 0 Å². The number of likely N-dealkylation sites (N-methyl/N-ethyl adjacent to an activating group) is 1. The molecule has 0 aliphatic heterocycles. The minimum atomic E-state index is 0.449. The van der Waals surface area contributed by atoms with Crippen molar-refractivity contribution in [2.45, 2.75) is 40.2 Å². The fourth-order valence-corrected chi connectivity index (χ4v) is 1.31. The largest absolute Gasteiger partial charge is 0.313 e. The van der Waals surface area contributed by atoms with E-state index in [0.29, 0.717) is 11.5 Å². The van der Waals surface area contributed by atoms with Crippen molar-refractivity contribution in [3.05, 3.63) is 0 Å². The molecule has 1 unspecified atom stereocenters. The molecule has 0 spiro atoms. The summed E-state index contributed by atoms with van der Waals surface area (Å²) in [6.45, 7) is 11.3. The average Bonchev–Trinajstić information content (AvgIpc) is 1.81. The molecule has 2 heteroatoms. The molecule has 0 aliphatic rings. The second kappa shape index (κ2) is 5.61. The lowest BCUT2D eigenvalue weighted by Gasteiger charge is -2.22. The monoisotopic (exact) mass is 186 g/mol. The second-order valence-corrected chi connectivity index (χ2v) is 5.43. The lowest BCUT2D eigenvalue weighted by molar-refractivity contribution is 0.320. The molecular weight excluding hydrogens is 160 g/mol. The molecule has 1 N–H and O–H groups in total. The van der Waals surface area contributed by atoms with Crippen molar-refractivity contribution in [1.29, 1.82) is 0 Å². The molecule has 13 heavy (non-hydrogen) atoms. The Balaban J connectivity index is 3.42. The van der Waals surface area contributed by atoms with Gasteiger partial charge in [-0.3, -0.25) is 0 Å². The molecule has 0 saturated heterocycles. The molecule has 0 amide bonds. The number of nitrogens with zero attached hydrogens (tertiary/aromatic N) is 1. The Labute approximate surface area is 83.7 Å². The molecule has 0 heterocycles. The van der Waals surface area contributed by atoms with Gasteiger partial charge in [0.25, 0.3) is 0 Å². The van der Waals surface area contributed by atoms with Gasteiger partial charge in [0.05, 0.1) is 0 Å². The molecular formula is C11H26N2. The van der Waals surface area contributed by atoms with Gasteiger partial charge >= 0.3 is 0 Å². The summed E-state index contributed by atoms with van der Waals surface area (Å²) in [5.74, 6) is 0. The van der Waals surface area contributed by atoms with E-state index in [-0.39, 0.29) is 0 Å². The van der Waals surface area contributed by atoms with Gasteiger partial charge in [-0.2, -0.15) is 0 Å². The highest BCUT2D eigenvalue weighted by Crippen LogP contribution is 2.16. The summed E-state index contributed by atoms with van der Waals surface area (Å²) in [6.07, 6.45) is 1.24. The lowest BCUT2D eigenvalue weighted by Crippen LogP contribution is -2.37. The SMILES string of the molecule is CC(CN(C)C)NCCC(C)(C)C. The van der Waals surface area contributed by atoms with Crippen LogP contribution in [0.25, 0.3) is 0 Å². The molecule has 0 aromatic carbocycles. The van der Waals surface area contributed by atoms with Crippen LogP contribution >= 0.6 is 0 Å². The summed E-state index contributed by atoms with van der Waals surface area (Å²) in [7, 11) is 4.23. The summed E-state index contributed by atoms with van der Waals surface area (Å²) < 4.78 is 0. The minimum Gasteiger partial charge on any atom is -0.313 e. The van der Waals surface area contributed by atoms with Crippen LogP contribution in [0.1, 0.15) is 34.1 Å². The van der Waals surface area contributed by atoms with E-state index in [4.69, 9.17) is 0 Å². The van der Waals surface area contributed by atoms with E-state index < -0.39 is 0 Å². The first kappa shape index (κ1) is 12.9. The van der Waals surface area contributed by atoms with Crippen molar-refractivity contribution in [2.75, 3.05) is 27.2 Å². The van der Waals surface area contributed by atoms with Crippen molar-refractivity contribution < 1.29 is 0 Å². The fraction of sp³-hybridized carbons (Fsp3) is 1.00. The average molecular weight is 186 g/mol. The van der Waals surface area contributed by atoms with E-state index in [1.165, 1.54) is 6.42 Å². The molecule has 2 nitrogen and oxygen atoms in total. The van der Waals surface area contributed by atoms with Gasteiger partial charge in [-0.25, -0.2) is 0 Å². The van der Waals surface area contributed by atoms with Gasteiger partial charge in [0.15, 0.2) is 0 Å². The van der Waals surface area contributed by atoms with Crippen molar-refractivity contribution in [3.8, 4) is 0 Å². The van der Waals surface area contributed by atoms with Gasteiger partial charge in [0, 0.05) is 12.6 Å². The third kappa shape index (κ3) is 9.84. The van der Waals surface area contributed by atoms with Crippen LogP contribution in [0.4, 0.5) is 0 Å². The molecule has 0 aliphatic carbocycles. The maximum absolute atomic E-state index is 3.53. The highest BCUT2D eigenvalue weighted by atomic mass is 15.1. The number of rotatable bonds is 5. The van der Waals surface area contributed by atoms with Gasteiger partial charge in [-0.05, 0) is 39.4 Å². The first-order valence-corrected chi connectivity index (χ1v) is 5.19. The van der Waals surface area contributed by atoms with Crippen molar-refractivity contribution in [2.24, 2.45) is 5.41 Å². The Hall–Kier alpha value is -0.0800. The normalized spacial score (nSPS) is 15.0. The summed E-state index contributed by atoms with van der Waals surface area (Å²) in [5, 5.41) is 3.53. The van der Waals surface area contributed by atoms with Crippen LogP contribution < -0.4 is 5.32 Å². The van der Waals surface area contributed by atoms with Gasteiger partial charge in [0.2, 0.25) is 0 Å². The van der Waals surface area contributed by atoms with Crippen LogP contribution in [0, 0.1) is 5.41 Å². The Kier molecular flexibility index (Phi) is 5.57. The van der Waals surface area contributed by atoms with Crippen LogP contribution in [-0.2, 0) is 0 Å². The molecule has 0 aromatic rings. The Bertz CT molecular complexity index is 125. The van der Waals surface area contributed by atoms with Crippen LogP contribution in [0.3, 0.4) is 0 Å². The molecule has 80 valence electrons. The molecule has 0 radical (unpaired) electrons. The Morgan fingerprint density at radius 2 is 1.77 bits per heavy atom. The van der Waals surface area contributed by atoms with E-state index in [1.807, 2.05) is 0 Å². The topological polar surface area (TPSA) is 15.3 Å². The fourth-order valence-electron chi connectivity index (χ4n) is 1.31. The minimum absolute atomic E-state index is 0.449. The molecule has 0 aromatic heterocycles. The van der Waals surface area contributed by atoms with Gasteiger partial charge in [-0.1, -0.05) is 20.8 Å². The van der Waals surface area contributed by atoms with E-state index in [2.05, 4.69) is 52.0 Å². The predicted molar refractivity (Wildman–Crippen MR) is 60.1 cm³/mol. The maximum atomic E-state index is 3.53. The molecule has 0 saturated carbocycles. The highest BCUT2D eigenvalue weighted by Gasteiger charge is 2.10. The number of hydrogen-bond donors (Lipinski definition) is 1. The van der Waals surface area contributed by atoms with Gasteiger partial charge in [-0.15, -0.1) is 0 Å². The van der Waals surface area contributed by atoms with Gasteiger partial charge < -0.3 is 10.2 Å². The Morgan fingerprint density at radius 1 is 1.23 bits per heavy atom. The second-order valence-electron chi connectivity index (χ2n) is 5.43. The summed E-state index contributed by atoms with van der Waals surface area (Å²) >= 11 is 0. The number of nitrogens with one attached hydrogen (secondary N) is 1. The number of hydrogen-bond acceptors (Lipinski definition) is 2.